The lowest BCUT2D eigenvalue weighted by Gasteiger charge is -2.36. The van der Waals surface area contributed by atoms with Gasteiger partial charge in [0, 0.05) is 68.4 Å². The second-order valence-electron chi connectivity index (χ2n) is 9.35. The molecule has 1 amide bonds. The Hall–Kier alpha value is -3.72. The summed E-state index contributed by atoms with van der Waals surface area (Å²) in [6.45, 7) is 6.15. The number of H-pyrrole nitrogens is 1. The number of amides is 1. The summed E-state index contributed by atoms with van der Waals surface area (Å²) in [5, 5.41) is 6.00. The Morgan fingerprint density at radius 2 is 1.80 bits per heavy atom. The number of fused-ring (bicyclic) bond motifs is 3. The summed E-state index contributed by atoms with van der Waals surface area (Å²) in [6, 6.07) is 8.03. The number of aromatic amines is 1. The molecule has 2 fully saturated rings. The molecule has 180 valence electrons. The van der Waals surface area contributed by atoms with Gasteiger partial charge in [-0.05, 0) is 49.6 Å². The number of carbonyl (C=O) groups excluding carboxylic acids is 1. The van der Waals surface area contributed by atoms with Gasteiger partial charge in [-0.2, -0.15) is 5.10 Å². The quantitative estimate of drug-likeness (QED) is 0.493. The minimum atomic E-state index is -0.156. The van der Waals surface area contributed by atoms with Gasteiger partial charge in [0.05, 0.1) is 28.7 Å². The third kappa shape index (κ3) is 3.85. The number of piperazine rings is 1. The molecule has 4 aromatic rings. The molecule has 0 bridgehead atoms. The lowest BCUT2D eigenvalue weighted by Crippen LogP contribution is -2.49. The Labute approximate surface area is 202 Å². The molecular weight excluding hydrogens is 444 g/mol. The first-order valence-corrected chi connectivity index (χ1v) is 12.2. The van der Waals surface area contributed by atoms with Crippen molar-refractivity contribution in [2.24, 2.45) is 0 Å². The first-order valence-electron chi connectivity index (χ1n) is 12.2. The maximum absolute atomic E-state index is 13.6. The first kappa shape index (κ1) is 21.8. The van der Waals surface area contributed by atoms with Crippen LogP contribution in [0.2, 0.25) is 0 Å². The predicted molar refractivity (Wildman–Crippen MR) is 134 cm³/mol. The second kappa shape index (κ2) is 8.81. The number of pyridine rings is 2. The van der Waals surface area contributed by atoms with E-state index < -0.39 is 0 Å². The van der Waals surface area contributed by atoms with Gasteiger partial charge in [-0.3, -0.25) is 19.3 Å². The molecule has 3 aromatic heterocycles. The van der Waals surface area contributed by atoms with Crippen LogP contribution in [0.25, 0.3) is 21.8 Å². The van der Waals surface area contributed by atoms with E-state index in [1.165, 1.54) is 0 Å². The summed E-state index contributed by atoms with van der Waals surface area (Å²) < 4.78 is 7.49. The summed E-state index contributed by atoms with van der Waals surface area (Å²) in [6.07, 6.45) is 6.93. The van der Waals surface area contributed by atoms with Crippen LogP contribution in [0.15, 0.2) is 47.7 Å². The van der Waals surface area contributed by atoms with Crippen molar-refractivity contribution in [1.82, 2.24) is 24.6 Å². The Morgan fingerprint density at radius 3 is 2.54 bits per heavy atom. The fourth-order valence-electron chi connectivity index (χ4n) is 5.32. The molecule has 2 aliphatic rings. The van der Waals surface area contributed by atoms with Crippen molar-refractivity contribution in [1.29, 1.82) is 0 Å². The van der Waals surface area contributed by atoms with Gasteiger partial charge in [0.1, 0.15) is 0 Å². The molecule has 2 aliphatic heterocycles. The van der Waals surface area contributed by atoms with E-state index in [1.54, 1.807) is 18.6 Å². The van der Waals surface area contributed by atoms with Crippen LogP contribution in [0.4, 0.5) is 5.69 Å². The van der Waals surface area contributed by atoms with E-state index in [-0.39, 0.29) is 17.5 Å². The van der Waals surface area contributed by atoms with Crippen LogP contribution in [0.3, 0.4) is 0 Å². The van der Waals surface area contributed by atoms with E-state index in [1.807, 2.05) is 40.8 Å². The summed E-state index contributed by atoms with van der Waals surface area (Å²) in [5.41, 5.74) is 4.02. The van der Waals surface area contributed by atoms with Crippen LogP contribution in [-0.4, -0.2) is 69.9 Å². The SMILES string of the molecule is Cc1cc2[nH]c(=O)c3cnn(C4CCOCC4)c3c2cc1C(=O)N1CCN(c2ccncc2)CC1. The molecule has 9 nitrogen and oxygen atoms in total. The molecule has 0 spiro atoms. The van der Waals surface area contributed by atoms with Crippen molar-refractivity contribution >= 4 is 33.4 Å². The van der Waals surface area contributed by atoms with E-state index in [2.05, 4.69) is 20.0 Å². The van der Waals surface area contributed by atoms with Crippen LogP contribution in [0.1, 0.15) is 34.8 Å². The van der Waals surface area contributed by atoms with Crippen molar-refractivity contribution in [2.45, 2.75) is 25.8 Å². The minimum Gasteiger partial charge on any atom is -0.381 e. The van der Waals surface area contributed by atoms with Crippen LogP contribution >= 0.6 is 0 Å². The standard InChI is InChI=1S/C26H28N6O3/c1-17-14-23-21(24-22(25(33)29-23)16-28-32(24)19-4-12-35-13-5-19)15-20(17)26(34)31-10-8-30(9-11-31)18-2-6-27-7-3-18/h2-3,6-7,14-16,19H,4-5,8-13H2,1H3,(H,29,33). The van der Waals surface area contributed by atoms with Gasteiger partial charge in [0.25, 0.3) is 11.5 Å². The first-order chi connectivity index (χ1) is 17.1. The van der Waals surface area contributed by atoms with Crippen molar-refractivity contribution in [3.8, 4) is 0 Å². The number of nitrogens with one attached hydrogen (secondary N) is 1. The Balaban J connectivity index is 1.35. The molecule has 0 radical (unpaired) electrons. The molecule has 1 N–H and O–H groups in total. The molecule has 5 heterocycles. The maximum atomic E-state index is 13.6. The molecule has 0 unspecified atom stereocenters. The highest BCUT2D eigenvalue weighted by Crippen LogP contribution is 2.30. The van der Waals surface area contributed by atoms with Gasteiger partial charge in [-0.25, -0.2) is 0 Å². The fourth-order valence-corrected chi connectivity index (χ4v) is 5.32. The Kier molecular flexibility index (Phi) is 5.49. The molecule has 6 rings (SSSR count). The number of aromatic nitrogens is 4. The van der Waals surface area contributed by atoms with Crippen LogP contribution in [0, 0.1) is 6.92 Å². The average molecular weight is 473 g/mol. The third-order valence-corrected chi connectivity index (χ3v) is 7.27. The van der Waals surface area contributed by atoms with Gasteiger partial charge < -0.3 is 19.5 Å². The number of ether oxygens (including phenoxy) is 1. The molecule has 0 atom stereocenters. The van der Waals surface area contributed by atoms with E-state index in [4.69, 9.17) is 4.74 Å². The van der Waals surface area contributed by atoms with Crippen molar-refractivity contribution in [2.75, 3.05) is 44.3 Å². The summed E-state index contributed by atoms with van der Waals surface area (Å²) >= 11 is 0. The average Bonchev–Trinajstić information content (AvgIpc) is 3.35. The number of hydrogen-bond donors (Lipinski definition) is 1. The Bertz CT molecular complexity index is 1450. The number of benzene rings is 1. The normalized spacial score (nSPS) is 17.4. The zero-order valence-electron chi connectivity index (χ0n) is 19.7. The number of anilines is 1. The number of aryl methyl sites for hydroxylation is 1. The molecule has 9 heteroatoms. The largest absolute Gasteiger partial charge is 0.381 e. The van der Waals surface area contributed by atoms with E-state index >= 15 is 0 Å². The van der Waals surface area contributed by atoms with Gasteiger partial charge in [0.2, 0.25) is 0 Å². The Morgan fingerprint density at radius 1 is 1.06 bits per heavy atom. The van der Waals surface area contributed by atoms with Crippen LogP contribution in [-0.2, 0) is 4.74 Å². The number of carbonyl (C=O) groups is 1. The number of hydrogen-bond acceptors (Lipinski definition) is 6. The highest BCUT2D eigenvalue weighted by Gasteiger charge is 2.26. The summed E-state index contributed by atoms with van der Waals surface area (Å²) in [4.78, 5) is 37.7. The highest BCUT2D eigenvalue weighted by molar-refractivity contribution is 6.07. The minimum absolute atomic E-state index is 0.0234. The maximum Gasteiger partial charge on any atom is 0.259 e. The topological polar surface area (TPSA) is 96.3 Å². The molecule has 1 aromatic carbocycles. The fraction of sp³-hybridized carbons (Fsp3) is 0.385. The van der Waals surface area contributed by atoms with Crippen LogP contribution in [0.5, 0.6) is 0 Å². The lowest BCUT2D eigenvalue weighted by molar-refractivity contribution is 0.0675. The van der Waals surface area contributed by atoms with Gasteiger partial charge >= 0.3 is 0 Å². The van der Waals surface area contributed by atoms with Crippen LogP contribution < -0.4 is 10.5 Å². The molecule has 0 aliphatic carbocycles. The van der Waals surface area contributed by atoms with E-state index in [0.717, 1.165) is 53.6 Å². The van der Waals surface area contributed by atoms with Gasteiger partial charge in [0.15, 0.2) is 0 Å². The summed E-state index contributed by atoms with van der Waals surface area (Å²) in [7, 11) is 0. The van der Waals surface area contributed by atoms with Crippen molar-refractivity contribution in [3.63, 3.8) is 0 Å². The molecule has 35 heavy (non-hydrogen) atoms. The number of rotatable bonds is 3. The lowest BCUT2D eigenvalue weighted by atomic mass is 10.0. The zero-order chi connectivity index (χ0) is 23.9. The van der Waals surface area contributed by atoms with Crippen molar-refractivity contribution < 1.29 is 9.53 Å². The van der Waals surface area contributed by atoms with E-state index in [0.29, 0.717) is 37.3 Å². The highest BCUT2D eigenvalue weighted by atomic mass is 16.5. The van der Waals surface area contributed by atoms with E-state index in [9.17, 15) is 9.59 Å². The smallest absolute Gasteiger partial charge is 0.259 e. The number of nitrogens with zero attached hydrogens (tertiary/aromatic N) is 5. The predicted octanol–water partition coefficient (Wildman–Crippen LogP) is 2.90. The summed E-state index contributed by atoms with van der Waals surface area (Å²) in [5.74, 6) is 0.0234. The van der Waals surface area contributed by atoms with Crippen molar-refractivity contribution in [3.05, 3.63) is 64.3 Å². The molecule has 2 saturated heterocycles. The second-order valence-corrected chi connectivity index (χ2v) is 9.35. The zero-order valence-corrected chi connectivity index (χ0v) is 19.7. The van der Waals surface area contributed by atoms with Gasteiger partial charge in [-0.15, -0.1) is 0 Å². The molecule has 0 saturated carbocycles. The third-order valence-electron chi connectivity index (χ3n) is 7.27. The molecular formula is C26H28N6O3. The van der Waals surface area contributed by atoms with Gasteiger partial charge in [-0.1, -0.05) is 0 Å². The monoisotopic (exact) mass is 472 g/mol.